The summed E-state index contributed by atoms with van der Waals surface area (Å²) in [4.78, 5) is 27.0. The number of halogens is 3. The van der Waals surface area contributed by atoms with Gasteiger partial charge in [-0.05, 0) is 42.0 Å². The molecule has 1 aliphatic rings. The van der Waals surface area contributed by atoms with Crippen molar-refractivity contribution in [3.8, 4) is 0 Å². The van der Waals surface area contributed by atoms with Gasteiger partial charge < -0.3 is 5.11 Å². The quantitative estimate of drug-likeness (QED) is 0.319. The number of amides is 1. The maximum absolute atomic E-state index is 14.6. The number of Topliss-reactive ketones (excluding diaryl/α,β-unsaturated/α-hetero) is 1. The van der Waals surface area contributed by atoms with E-state index in [1.165, 1.54) is 24.3 Å². The smallest absolute Gasteiger partial charge is 0.300 e. The summed E-state index contributed by atoms with van der Waals surface area (Å²) in [5, 5.41) is 11.6. The molecule has 1 aliphatic heterocycles. The second-order valence-electron chi connectivity index (χ2n) is 6.65. The second kappa shape index (κ2) is 7.94. The molecular formula is C23H14Cl2FNO3. The first-order valence-electron chi connectivity index (χ1n) is 8.96. The molecule has 1 unspecified atom stereocenters. The molecule has 7 heteroatoms. The fourth-order valence-electron chi connectivity index (χ4n) is 3.49. The Labute approximate surface area is 181 Å². The van der Waals surface area contributed by atoms with E-state index in [2.05, 4.69) is 0 Å². The van der Waals surface area contributed by atoms with Crippen LogP contribution in [-0.2, 0) is 9.59 Å². The van der Waals surface area contributed by atoms with E-state index in [4.69, 9.17) is 23.2 Å². The molecule has 4 nitrogen and oxygen atoms in total. The van der Waals surface area contributed by atoms with Crippen molar-refractivity contribution in [2.75, 3.05) is 4.90 Å². The molecule has 30 heavy (non-hydrogen) atoms. The predicted molar refractivity (Wildman–Crippen MR) is 114 cm³/mol. The first-order valence-corrected chi connectivity index (χ1v) is 9.71. The maximum atomic E-state index is 14.6. The number of hydrogen-bond acceptors (Lipinski definition) is 3. The van der Waals surface area contributed by atoms with Crippen molar-refractivity contribution in [3.05, 3.63) is 105 Å². The molecule has 150 valence electrons. The summed E-state index contributed by atoms with van der Waals surface area (Å²) in [5.74, 6) is -2.99. The normalized spacial score (nSPS) is 18.1. The van der Waals surface area contributed by atoms with Crippen LogP contribution in [0.1, 0.15) is 17.2 Å². The molecule has 0 aliphatic carbocycles. The first-order chi connectivity index (χ1) is 14.4. The third-order valence-electron chi connectivity index (χ3n) is 4.87. The highest BCUT2D eigenvalue weighted by molar-refractivity contribution is 6.52. The van der Waals surface area contributed by atoms with Gasteiger partial charge >= 0.3 is 0 Å². The van der Waals surface area contributed by atoms with Crippen molar-refractivity contribution in [2.45, 2.75) is 6.04 Å². The number of aliphatic hydroxyl groups is 1. The second-order valence-corrected chi connectivity index (χ2v) is 7.50. The van der Waals surface area contributed by atoms with Crippen molar-refractivity contribution >= 4 is 46.3 Å². The van der Waals surface area contributed by atoms with E-state index in [-0.39, 0.29) is 21.8 Å². The van der Waals surface area contributed by atoms with Crippen LogP contribution in [-0.4, -0.2) is 16.8 Å². The minimum absolute atomic E-state index is 0.0715. The van der Waals surface area contributed by atoms with E-state index in [1.807, 2.05) is 0 Å². The summed E-state index contributed by atoms with van der Waals surface area (Å²) in [6.45, 7) is 0. The molecule has 0 aromatic heterocycles. The number of rotatable bonds is 3. The van der Waals surface area contributed by atoms with E-state index in [1.54, 1.807) is 48.5 Å². The lowest BCUT2D eigenvalue weighted by molar-refractivity contribution is -0.132. The Morgan fingerprint density at radius 1 is 0.900 bits per heavy atom. The highest BCUT2D eigenvalue weighted by Gasteiger charge is 2.47. The van der Waals surface area contributed by atoms with Crippen molar-refractivity contribution in [1.82, 2.24) is 0 Å². The minimum Gasteiger partial charge on any atom is -0.507 e. The Hall–Kier alpha value is -3.15. The van der Waals surface area contributed by atoms with Crippen molar-refractivity contribution < 1.29 is 19.1 Å². The summed E-state index contributed by atoms with van der Waals surface area (Å²) in [6, 6.07) is 17.4. The number of carbonyl (C=O) groups is 2. The number of carbonyl (C=O) groups excluding carboxylic acids is 2. The summed E-state index contributed by atoms with van der Waals surface area (Å²) in [5.41, 5.74) is 0.427. The van der Waals surface area contributed by atoms with Gasteiger partial charge in [-0.3, -0.25) is 14.5 Å². The molecule has 3 aromatic carbocycles. The van der Waals surface area contributed by atoms with Crippen LogP contribution < -0.4 is 4.90 Å². The molecule has 0 bridgehead atoms. The lowest BCUT2D eigenvalue weighted by atomic mass is 9.95. The summed E-state index contributed by atoms with van der Waals surface area (Å²) >= 11 is 12.2. The molecule has 4 rings (SSSR count). The molecule has 1 amide bonds. The summed E-state index contributed by atoms with van der Waals surface area (Å²) < 4.78 is 14.6. The highest BCUT2D eigenvalue weighted by Crippen LogP contribution is 2.43. The largest absolute Gasteiger partial charge is 0.507 e. The standard InChI is InChI=1S/C23H14Cl2FNO3/c24-14-11-9-13(10-12-14)20-19(21(28)15-5-1-2-6-16(15)25)22(29)23(30)27(20)18-8-4-3-7-17(18)26/h1-12,20,28H. The van der Waals surface area contributed by atoms with Gasteiger partial charge in [0.15, 0.2) is 0 Å². The zero-order chi connectivity index (χ0) is 21.4. The summed E-state index contributed by atoms with van der Waals surface area (Å²) in [6.07, 6.45) is 0. The highest BCUT2D eigenvalue weighted by atomic mass is 35.5. The molecule has 1 heterocycles. The van der Waals surface area contributed by atoms with E-state index < -0.39 is 29.3 Å². The first kappa shape index (κ1) is 20.1. The van der Waals surface area contributed by atoms with Gasteiger partial charge in [0.1, 0.15) is 11.6 Å². The van der Waals surface area contributed by atoms with Crippen LogP contribution in [0.4, 0.5) is 10.1 Å². The number of nitrogens with zero attached hydrogens (tertiary/aromatic N) is 1. The number of benzene rings is 3. The molecule has 0 saturated carbocycles. The number of anilines is 1. The van der Waals surface area contributed by atoms with Gasteiger partial charge in [-0.15, -0.1) is 0 Å². The van der Waals surface area contributed by atoms with Gasteiger partial charge in [0.05, 0.1) is 22.3 Å². The Morgan fingerprint density at radius 2 is 1.53 bits per heavy atom. The molecule has 3 aromatic rings. The fourth-order valence-corrected chi connectivity index (χ4v) is 3.84. The van der Waals surface area contributed by atoms with E-state index in [0.717, 1.165) is 4.90 Å². The van der Waals surface area contributed by atoms with Gasteiger partial charge in [-0.2, -0.15) is 0 Å². The molecule has 0 radical (unpaired) electrons. The Morgan fingerprint density at radius 3 is 2.20 bits per heavy atom. The number of ketones is 1. The lowest BCUT2D eigenvalue weighted by Crippen LogP contribution is -2.30. The Kier molecular flexibility index (Phi) is 5.33. The molecule has 1 fully saturated rings. The zero-order valence-corrected chi connectivity index (χ0v) is 16.9. The molecule has 0 spiro atoms. The number of hydrogen-bond donors (Lipinski definition) is 1. The minimum atomic E-state index is -1.06. The van der Waals surface area contributed by atoms with Crippen molar-refractivity contribution in [1.29, 1.82) is 0 Å². The van der Waals surface area contributed by atoms with Crippen LogP contribution in [0.5, 0.6) is 0 Å². The van der Waals surface area contributed by atoms with Crippen LogP contribution in [0.25, 0.3) is 5.76 Å². The van der Waals surface area contributed by atoms with E-state index in [9.17, 15) is 19.1 Å². The van der Waals surface area contributed by atoms with Crippen LogP contribution in [0.15, 0.2) is 78.4 Å². The Balaban J connectivity index is 1.99. The molecule has 1 N–H and O–H groups in total. The van der Waals surface area contributed by atoms with Gasteiger partial charge in [-0.1, -0.05) is 59.6 Å². The van der Waals surface area contributed by atoms with Gasteiger partial charge in [0, 0.05) is 10.6 Å². The van der Waals surface area contributed by atoms with Crippen LogP contribution in [0, 0.1) is 5.82 Å². The molecule has 1 saturated heterocycles. The van der Waals surface area contributed by atoms with Crippen molar-refractivity contribution in [3.63, 3.8) is 0 Å². The van der Waals surface area contributed by atoms with Crippen LogP contribution in [0.2, 0.25) is 10.0 Å². The maximum Gasteiger partial charge on any atom is 0.300 e. The fraction of sp³-hybridized carbons (Fsp3) is 0.0435. The molecule has 1 atom stereocenters. The monoisotopic (exact) mass is 441 g/mol. The van der Waals surface area contributed by atoms with Crippen LogP contribution >= 0.6 is 23.2 Å². The predicted octanol–water partition coefficient (Wildman–Crippen LogP) is 5.76. The number of aliphatic hydroxyl groups excluding tert-OH is 1. The summed E-state index contributed by atoms with van der Waals surface area (Å²) in [7, 11) is 0. The molecular weight excluding hydrogens is 428 g/mol. The van der Waals surface area contributed by atoms with Gasteiger partial charge in [0.2, 0.25) is 0 Å². The third-order valence-corrected chi connectivity index (χ3v) is 5.45. The number of para-hydroxylation sites is 1. The third kappa shape index (κ3) is 3.36. The van der Waals surface area contributed by atoms with Crippen molar-refractivity contribution in [2.24, 2.45) is 0 Å². The topological polar surface area (TPSA) is 57.6 Å². The van der Waals surface area contributed by atoms with Crippen LogP contribution in [0.3, 0.4) is 0 Å². The van der Waals surface area contributed by atoms with Gasteiger partial charge in [-0.25, -0.2) is 4.39 Å². The van der Waals surface area contributed by atoms with Gasteiger partial charge in [0.25, 0.3) is 11.7 Å². The zero-order valence-electron chi connectivity index (χ0n) is 15.4. The average Bonchev–Trinajstić information content (AvgIpc) is 3.00. The average molecular weight is 442 g/mol. The van der Waals surface area contributed by atoms with E-state index >= 15 is 0 Å². The lowest BCUT2D eigenvalue weighted by Gasteiger charge is -2.25. The van der Waals surface area contributed by atoms with E-state index in [0.29, 0.717) is 10.6 Å². The Bertz CT molecular complexity index is 1190. The SMILES string of the molecule is O=C1C(=O)N(c2ccccc2F)C(c2ccc(Cl)cc2)C1=C(O)c1ccccc1Cl.